The number of hydrogen-bond donors (Lipinski definition) is 2. The number of benzene rings is 3. The molecule has 2 N–H and O–H groups in total. The molecule has 37 heavy (non-hydrogen) atoms. The highest BCUT2D eigenvalue weighted by Crippen LogP contribution is 2.36. The molecule has 0 saturated carbocycles. The highest BCUT2D eigenvalue weighted by molar-refractivity contribution is 8.00. The fourth-order valence-electron chi connectivity index (χ4n) is 3.66. The highest BCUT2D eigenvalue weighted by atomic mass is 35.5. The number of aromatic nitrogens is 1. The van der Waals surface area contributed by atoms with Crippen LogP contribution < -0.4 is 5.32 Å². The number of halogens is 1. The first-order chi connectivity index (χ1) is 17.8. The van der Waals surface area contributed by atoms with Crippen LogP contribution in [0.3, 0.4) is 0 Å². The number of nitriles is 1. The summed E-state index contributed by atoms with van der Waals surface area (Å²) in [6.45, 7) is 3.70. The number of carbonyl (C=O) groups is 2. The summed E-state index contributed by atoms with van der Waals surface area (Å²) in [5.41, 5.74) is 4.88. The van der Waals surface area contributed by atoms with Crippen molar-refractivity contribution in [3.63, 3.8) is 0 Å². The van der Waals surface area contributed by atoms with Gasteiger partial charge in [-0.3, -0.25) is 4.79 Å². The number of carboxylic acids is 1. The molecule has 0 saturated heterocycles. The third kappa shape index (κ3) is 6.00. The number of aromatic carboxylic acids is 1. The van der Waals surface area contributed by atoms with E-state index >= 15 is 0 Å². The minimum atomic E-state index is -1.19. The summed E-state index contributed by atoms with van der Waals surface area (Å²) in [5, 5.41) is 22.0. The zero-order chi connectivity index (χ0) is 26.5. The minimum absolute atomic E-state index is 0.0807. The number of carboxylic acid groups (broad SMARTS) is 1. The molecule has 1 unspecified atom stereocenters. The third-order valence-corrected chi connectivity index (χ3v) is 7.07. The summed E-state index contributed by atoms with van der Waals surface area (Å²) in [6, 6.07) is 26.0. The molecule has 3 aromatic carbocycles. The Hall–Kier alpha value is -4.12. The van der Waals surface area contributed by atoms with E-state index in [9.17, 15) is 20.0 Å². The molecule has 0 spiro atoms. The molecule has 8 heteroatoms. The topological polar surface area (TPSA) is 103 Å². The molecule has 0 bridgehead atoms. The van der Waals surface area contributed by atoms with Gasteiger partial charge in [0.05, 0.1) is 27.1 Å². The summed E-state index contributed by atoms with van der Waals surface area (Å²) < 4.78 is 0. The van der Waals surface area contributed by atoms with Crippen LogP contribution in [0, 0.1) is 18.3 Å². The fourth-order valence-corrected chi connectivity index (χ4v) is 4.79. The van der Waals surface area contributed by atoms with Gasteiger partial charge in [-0.25, -0.2) is 9.78 Å². The van der Waals surface area contributed by atoms with Gasteiger partial charge in [0.15, 0.2) is 0 Å². The lowest BCUT2D eigenvalue weighted by atomic mass is 9.98. The fraction of sp³-hybridized carbons (Fsp3) is 0.103. The molecule has 0 aliphatic carbocycles. The first-order valence-corrected chi connectivity index (χ1v) is 12.6. The molecular formula is C29H22ClN3O3S. The summed E-state index contributed by atoms with van der Waals surface area (Å²) in [4.78, 5) is 29.1. The standard InChI is InChI=1S/C29H22ClN3O3S/c1-17-8-10-19(11-9-17)22-15-26(20-6-4-3-5-7-20)33-28(24(22)16-31)37-18(2)27(34)32-21-12-13-25(30)23(14-21)29(35)36/h3-15,18H,1-2H3,(H,32,34)(H,35,36). The summed E-state index contributed by atoms with van der Waals surface area (Å²) in [6.07, 6.45) is 0. The van der Waals surface area contributed by atoms with E-state index in [0.717, 1.165) is 22.3 Å². The van der Waals surface area contributed by atoms with Crippen molar-refractivity contribution in [3.8, 4) is 28.5 Å². The molecule has 1 aromatic heterocycles. The molecule has 6 nitrogen and oxygen atoms in total. The molecule has 1 atom stereocenters. The Kier molecular flexibility index (Phi) is 7.92. The number of thioether (sulfide) groups is 1. The van der Waals surface area contributed by atoms with Gasteiger partial charge in [0.25, 0.3) is 0 Å². The van der Waals surface area contributed by atoms with E-state index in [1.54, 1.807) is 6.92 Å². The predicted octanol–water partition coefficient (Wildman–Crippen LogP) is 7.07. The molecule has 4 aromatic rings. The smallest absolute Gasteiger partial charge is 0.337 e. The van der Waals surface area contributed by atoms with Gasteiger partial charge in [0.1, 0.15) is 11.1 Å². The van der Waals surface area contributed by atoms with Crippen LogP contribution in [0.5, 0.6) is 0 Å². The van der Waals surface area contributed by atoms with E-state index in [2.05, 4.69) is 11.4 Å². The van der Waals surface area contributed by atoms with Gasteiger partial charge in [-0.2, -0.15) is 5.26 Å². The molecule has 4 rings (SSSR count). The molecule has 184 valence electrons. The first kappa shape index (κ1) is 26.0. The maximum atomic E-state index is 13.0. The van der Waals surface area contributed by atoms with Crippen molar-refractivity contribution in [2.24, 2.45) is 0 Å². The van der Waals surface area contributed by atoms with Crippen LogP contribution in [0.1, 0.15) is 28.4 Å². The van der Waals surface area contributed by atoms with Crippen LogP contribution in [-0.2, 0) is 4.79 Å². The molecule has 0 aliphatic heterocycles. The average molecular weight is 528 g/mol. The number of nitrogens with one attached hydrogen (secondary N) is 1. The van der Waals surface area contributed by atoms with Crippen LogP contribution in [0.2, 0.25) is 5.02 Å². The number of pyridine rings is 1. The van der Waals surface area contributed by atoms with Crippen LogP contribution in [0.25, 0.3) is 22.4 Å². The first-order valence-electron chi connectivity index (χ1n) is 11.3. The SMILES string of the molecule is Cc1ccc(-c2cc(-c3ccccc3)nc(SC(C)C(=O)Nc3ccc(Cl)c(C(=O)O)c3)c2C#N)cc1. The van der Waals surface area contributed by atoms with E-state index in [1.807, 2.05) is 67.6 Å². The third-order valence-electron chi connectivity index (χ3n) is 5.65. The zero-order valence-corrected chi connectivity index (χ0v) is 21.6. The Balaban J connectivity index is 1.70. The second kappa shape index (κ2) is 11.3. The minimum Gasteiger partial charge on any atom is -0.478 e. The van der Waals surface area contributed by atoms with E-state index in [0.29, 0.717) is 22.0 Å². The van der Waals surface area contributed by atoms with Crippen molar-refractivity contribution in [1.82, 2.24) is 4.98 Å². The molecule has 0 aliphatic rings. The van der Waals surface area contributed by atoms with Crippen molar-refractivity contribution >= 4 is 40.9 Å². The lowest BCUT2D eigenvalue weighted by Gasteiger charge is -2.16. The summed E-state index contributed by atoms with van der Waals surface area (Å²) in [5.74, 6) is -1.55. The number of rotatable bonds is 7. The maximum absolute atomic E-state index is 13.0. The van der Waals surface area contributed by atoms with Crippen LogP contribution in [0.15, 0.2) is 83.9 Å². The van der Waals surface area contributed by atoms with Gasteiger partial charge in [-0.05, 0) is 43.7 Å². The Morgan fingerprint density at radius 1 is 1.03 bits per heavy atom. The van der Waals surface area contributed by atoms with Crippen LogP contribution in [0.4, 0.5) is 5.69 Å². The van der Waals surface area contributed by atoms with E-state index in [4.69, 9.17) is 16.6 Å². The predicted molar refractivity (Wildman–Crippen MR) is 147 cm³/mol. The molecule has 1 heterocycles. The van der Waals surface area contributed by atoms with Crippen molar-refractivity contribution in [2.75, 3.05) is 5.32 Å². The van der Waals surface area contributed by atoms with Gasteiger partial charge in [0.2, 0.25) is 5.91 Å². The van der Waals surface area contributed by atoms with Gasteiger partial charge in [-0.15, -0.1) is 0 Å². The number of aryl methyl sites for hydroxylation is 1. The maximum Gasteiger partial charge on any atom is 0.337 e. The van der Waals surface area contributed by atoms with E-state index < -0.39 is 11.2 Å². The van der Waals surface area contributed by atoms with E-state index in [1.165, 1.54) is 30.0 Å². The second-order valence-electron chi connectivity index (χ2n) is 8.33. The van der Waals surface area contributed by atoms with Gasteiger partial charge in [0, 0.05) is 16.8 Å². The highest BCUT2D eigenvalue weighted by Gasteiger charge is 2.22. The number of amides is 1. The molecule has 1 amide bonds. The Bertz CT molecular complexity index is 1520. The van der Waals surface area contributed by atoms with E-state index in [-0.39, 0.29) is 16.5 Å². The Labute approximate surface area is 223 Å². The lowest BCUT2D eigenvalue weighted by Crippen LogP contribution is -2.23. The molecule has 0 fully saturated rings. The van der Waals surface area contributed by atoms with Crippen molar-refractivity contribution in [3.05, 3.63) is 101 Å². The lowest BCUT2D eigenvalue weighted by molar-refractivity contribution is -0.115. The molecular weight excluding hydrogens is 506 g/mol. The van der Waals surface area contributed by atoms with Crippen LogP contribution >= 0.6 is 23.4 Å². The monoisotopic (exact) mass is 527 g/mol. The van der Waals surface area contributed by atoms with Crippen LogP contribution in [-0.4, -0.2) is 27.2 Å². The van der Waals surface area contributed by atoms with Crippen molar-refractivity contribution in [1.29, 1.82) is 5.26 Å². The Morgan fingerprint density at radius 2 is 1.73 bits per heavy atom. The van der Waals surface area contributed by atoms with Gasteiger partial charge >= 0.3 is 5.97 Å². The largest absolute Gasteiger partial charge is 0.478 e. The molecule has 0 radical (unpaired) electrons. The normalized spacial score (nSPS) is 11.4. The zero-order valence-electron chi connectivity index (χ0n) is 20.0. The Morgan fingerprint density at radius 3 is 2.38 bits per heavy atom. The summed E-state index contributed by atoms with van der Waals surface area (Å²) >= 11 is 7.10. The number of carbonyl (C=O) groups excluding carboxylic acids is 1. The van der Waals surface area contributed by atoms with Crippen molar-refractivity contribution in [2.45, 2.75) is 24.1 Å². The van der Waals surface area contributed by atoms with Gasteiger partial charge < -0.3 is 10.4 Å². The number of anilines is 1. The second-order valence-corrected chi connectivity index (χ2v) is 10.1. The quantitative estimate of drug-likeness (QED) is 0.249. The number of nitrogens with zero attached hydrogens (tertiary/aromatic N) is 2. The summed E-state index contributed by atoms with van der Waals surface area (Å²) in [7, 11) is 0. The van der Waals surface area contributed by atoms with Crippen molar-refractivity contribution < 1.29 is 14.7 Å². The van der Waals surface area contributed by atoms with Gasteiger partial charge in [-0.1, -0.05) is 83.5 Å². The average Bonchev–Trinajstić information content (AvgIpc) is 2.90. The number of hydrogen-bond acceptors (Lipinski definition) is 5.